The van der Waals surface area contributed by atoms with Gasteiger partial charge in [-0.05, 0) is 30.8 Å². The Kier molecular flexibility index (Phi) is 7.45. The zero-order valence-electron chi connectivity index (χ0n) is 10.0. The van der Waals surface area contributed by atoms with Gasteiger partial charge in [0.1, 0.15) is 0 Å². The molecule has 0 aliphatic heterocycles. The number of carbonyl (C=O) groups excluding carboxylic acids is 1. The molecule has 0 bridgehead atoms. The van der Waals surface area contributed by atoms with E-state index in [-0.39, 0.29) is 5.78 Å². The maximum absolute atomic E-state index is 11.3. The Balaban J connectivity index is 3.50. The van der Waals surface area contributed by atoms with Gasteiger partial charge in [0.2, 0.25) is 0 Å². The fraction of sp³-hybridized carbons (Fsp3) is 0.769. The summed E-state index contributed by atoms with van der Waals surface area (Å²) in [7, 11) is 0. The van der Waals surface area contributed by atoms with Gasteiger partial charge in [-0.15, -0.1) is 0 Å². The van der Waals surface area contributed by atoms with Crippen LogP contribution in [-0.2, 0) is 4.79 Å². The fourth-order valence-electron chi connectivity index (χ4n) is 1.24. The molecule has 82 valence electrons. The lowest BCUT2D eigenvalue weighted by molar-refractivity contribution is -0.114. The maximum Gasteiger partial charge on any atom is 0.155 e. The first-order chi connectivity index (χ1) is 6.52. The second-order valence-electron chi connectivity index (χ2n) is 4.78. The molecule has 0 radical (unpaired) electrons. The molecule has 0 spiro atoms. The van der Waals surface area contributed by atoms with E-state index in [4.69, 9.17) is 0 Å². The number of rotatable bonds is 7. The van der Waals surface area contributed by atoms with Crippen molar-refractivity contribution in [3.8, 4) is 0 Å². The van der Waals surface area contributed by atoms with Crippen molar-refractivity contribution in [3.05, 3.63) is 12.2 Å². The number of hydrogen-bond acceptors (Lipinski definition) is 1. The van der Waals surface area contributed by atoms with Gasteiger partial charge in [-0.25, -0.2) is 0 Å². The highest BCUT2D eigenvalue weighted by molar-refractivity contribution is 5.89. The van der Waals surface area contributed by atoms with Gasteiger partial charge in [0.05, 0.1) is 0 Å². The van der Waals surface area contributed by atoms with E-state index in [1.165, 1.54) is 0 Å². The molecular weight excluding hydrogens is 172 g/mol. The molecule has 0 aliphatic carbocycles. The molecule has 1 heteroatoms. The van der Waals surface area contributed by atoms with Crippen LogP contribution in [-0.4, -0.2) is 5.78 Å². The van der Waals surface area contributed by atoms with Crippen molar-refractivity contribution in [2.24, 2.45) is 11.8 Å². The highest BCUT2D eigenvalue weighted by Crippen LogP contribution is 2.07. The van der Waals surface area contributed by atoms with Crippen LogP contribution in [0.2, 0.25) is 0 Å². The zero-order chi connectivity index (χ0) is 11.0. The minimum Gasteiger partial charge on any atom is -0.295 e. The molecule has 0 rings (SSSR count). The molecule has 0 heterocycles. The lowest BCUT2D eigenvalue weighted by atomic mass is 10.0. The third-order valence-electron chi connectivity index (χ3n) is 2.12. The average molecular weight is 196 g/mol. The van der Waals surface area contributed by atoms with Gasteiger partial charge in [0.25, 0.3) is 0 Å². The molecule has 0 saturated carbocycles. The molecule has 0 amide bonds. The van der Waals surface area contributed by atoms with Crippen molar-refractivity contribution in [2.75, 3.05) is 0 Å². The number of ketones is 1. The molecule has 0 aromatic carbocycles. The van der Waals surface area contributed by atoms with Crippen LogP contribution in [0, 0.1) is 11.8 Å². The van der Waals surface area contributed by atoms with Crippen LogP contribution in [0.15, 0.2) is 12.2 Å². The van der Waals surface area contributed by atoms with Gasteiger partial charge >= 0.3 is 0 Å². The molecule has 0 aromatic heterocycles. The van der Waals surface area contributed by atoms with E-state index in [2.05, 4.69) is 27.7 Å². The minimum atomic E-state index is 0.284. The first kappa shape index (κ1) is 13.4. The molecule has 0 atom stereocenters. The third kappa shape index (κ3) is 9.50. The lowest BCUT2D eigenvalue weighted by Gasteiger charge is -2.01. The topological polar surface area (TPSA) is 17.1 Å². The van der Waals surface area contributed by atoms with Crippen molar-refractivity contribution in [1.82, 2.24) is 0 Å². The predicted octanol–water partition coefficient (Wildman–Crippen LogP) is 3.98. The van der Waals surface area contributed by atoms with E-state index in [0.717, 1.165) is 19.3 Å². The Morgan fingerprint density at radius 2 is 1.79 bits per heavy atom. The largest absolute Gasteiger partial charge is 0.295 e. The Morgan fingerprint density at radius 1 is 1.14 bits per heavy atom. The maximum atomic E-state index is 11.3. The van der Waals surface area contributed by atoms with Gasteiger partial charge in [-0.2, -0.15) is 0 Å². The molecule has 0 saturated heterocycles. The Morgan fingerprint density at radius 3 is 2.29 bits per heavy atom. The standard InChI is InChI=1S/C13H24O/c1-11(2)7-5-9-13(14)10-6-8-12(3)4/h5,9,11-12H,6-8,10H2,1-4H3/b9-5+. The van der Waals surface area contributed by atoms with Crippen LogP contribution < -0.4 is 0 Å². The van der Waals surface area contributed by atoms with Gasteiger partial charge in [-0.3, -0.25) is 4.79 Å². The highest BCUT2D eigenvalue weighted by atomic mass is 16.1. The summed E-state index contributed by atoms with van der Waals surface area (Å²) in [6, 6.07) is 0. The molecule has 0 fully saturated rings. The summed E-state index contributed by atoms with van der Waals surface area (Å²) in [6.07, 6.45) is 7.66. The fourth-order valence-corrected chi connectivity index (χ4v) is 1.24. The molecule has 0 N–H and O–H groups in total. The minimum absolute atomic E-state index is 0.284. The molecule has 0 aliphatic rings. The van der Waals surface area contributed by atoms with E-state index in [1.807, 2.05) is 6.08 Å². The monoisotopic (exact) mass is 196 g/mol. The van der Waals surface area contributed by atoms with Crippen molar-refractivity contribution < 1.29 is 4.79 Å². The SMILES string of the molecule is CC(C)C/C=C/C(=O)CCCC(C)C. The van der Waals surface area contributed by atoms with Crippen LogP contribution in [0.5, 0.6) is 0 Å². The van der Waals surface area contributed by atoms with E-state index < -0.39 is 0 Å². The first-order valence-electron chi connectivity index (χ1n) is 5.71. The normalized spacial score (nSPS) is 11.9. The molecule has 1 nitrogen and oxygen atoms in total. The molecule has 0 unspecified atom stereocenters. The second-order valence-corrected chi connectivity index (χ2v) is 4.78. The van der Waals surface area contributed by atoms with Crippen LogP contribution in [0.25, 0.3) is 0 Å². The summed E-state index contributed by atoms with van der Waals surface area (Å²) >= 11 is 0. The van der Waals surface area contributed by atoms with Crippen molar-refractivity contribution in [3.63, 3.8) is 0 Å². The summed E-state index contributed by atoms with van der Waals surface area (Å²) in [6.45, 7) is 8.71. The van der Waals surface area contributed by atoms with Gasteiger partial charge in [0, 0.05) is 6.42 Å². The quantitative estimate of drug-likeness (QED) is 0.563. The third-order valence-corrected chi connectivity index (χ3v) is 2.12. The predicted molar refractivity (Wildman–Crippen MR) is 62.3 cm³/mol. The summed E-state index contributed by atoms with van der Waals surface area (Å²) in [5, 5.41) is 0. The Bertz CT molecular complexity index is 178. The number of allylic oxidation sites excluding steroid dienone is 2. The van der Waals surface area contributed by atoms with E-state index >= 15 is 0 Å². The van der Waals surface area contributed by atoms with Gasteiger partial charge in [0.15, 0.2) is 5.78 Å². The molecular formula is C13H24O. The highest BCUT2D eigenvalue weighted by Gasteiger charge is 1.99. The average Bonchev–Trinajstić information content (AvgIpc) is 2.02. The number of carbonyl (C=O) groups is 1. The molecule has 0 aromatic rings. The molecule has 14 heavy (non-hydrogen) atoms. The van der Waals surface area contributed by atoms with Gasteiger partial charge in [-0.1, -0.05) is 40.2 Å². The first-order valence-corrected chi connectivity index (χ1v) is 5.71. The van der Waals surface area contributed by atoms with E-state index in [1.54, 1.807) is 6.08 Å². The van der Waals surface area contributed by atoms with Gasteiger partial charge < -0.3 is 0 Å². The van der Waals surface area contributed by atoms with E-state index in [9.17, 15) is 4.79 Å². The lowest BCUT2D eigenvalue weighted by Crippen LogP contribution is -1.95. The summed E-state index contributed by atoms with van der Waals surface area (Å²) < 4.78 is 0. The summed E-state index contributed by atoms with van der Waals surface area (Å²) in [5.41, 5.74) is 0. The van der Waals surface area contributed by atoms with Crippen LogP contribution in [0.4, 0.5) is 0 Å². The van der Waals surface area contributed by atoms with Crippen LogP contribution >= 0.6 is 0 Å². The Hall–Kier alpha value is -0.590. The van der Waals surface area contributed by atoms with Crippen LogP contribution in [0.1, 0.15) is 53.4 Å². The summed E-state index contributed by atoms with van der Waals surface area (Å²) in [5.74, 6) is 1.64. The number of hydrogen-bond donors (Lipinski definition) is 0. The van der Waals surface area contributed by atoms with Crippen molar-refractivity contribution in [1.29, 1.82) is 0 Å². The summed E-state index contributed by atoms with van der Waals surface area (Å²) in [4.78, 5) is 11.3. The van der Waals surface area contributed by atoms with Crippen molar-refractivity contribution in [2.45, 2.75) is 53.4 Å². The Labute approximate surface area is 88.6 Å². The van der Waals surface area contributed by atoms with Crippen molar-refractivity contribution >= 4 is 5.78 Å². The second kappa shape index (κ2) is 7.78. The van der Waals surface area contributed by atoms with E-state index in [0.29, 0.717) is 18.3 Å². The smallest absolute Gasteiger partial charge is 0.155 e. The van der Waals surface area contributed by atoms with Crippen LogP contribution in [0.3, 0.4) is 0 Å². The zero-order valence-corrected chi connectivity index (χ0v) is 10.0.